The molecule has 0 saturated carbocycles. The van der Waals surface area contributed by atoms with Gasteiger partial charge < -0.3 is 31.7 Å². The van der Waals surface area contributed by atoms with Gasteiger partial charge in [-0.25, -0.2) is 0 Å². The number of carboxylic acid groups (broad SMARTS) is 1. The highest BCUT2D eigenvalue weighted by atomic mass is 79.9. The maximum atomic E-state index is 12.7. The maximum Gasteiger partial charge on any atom is 0.417 e. The standard InChI is InChI=1S/C14H17BrF3NO2.C9H7BrF3NO2.C4H11NO/c15-13-6-5-10(8-12(13)14(16,17)18)19-9-11(21)4-2-1-3-7-20;10-7-2-1-5(14-4-8(15)16)3-6(7)9(11,12)13;5-3-1-2-4-6/h5-6,8,19-20H,1-4,7,9H2;1-3,14H,4H2,(H,15,16);6H,1-5H2. The van der Waals surface area contributed by atoms with Gasteiger partial charge in [0.1, 0.15) is 6.54 Å². The second-order valence-corrected chi connectivity index (χ2v) is 10.5. The van der Waals surface area contributed by atoms with E-state index < -0.39 is 36.0 Å². The summed E-state index contributed by atoms with van der Waals surface area (Å²) in [5, 5.41) is 30.2. The number of Topliss-reactive ketones (excluding diaryl/α,β-unsaturated/α-hetero) is 1. The molecule has 244 valence electrons. The van der Waals surface area contributed by atoms with Crippen molar-refractivity contribution in [2.24, 2.45) is 5.73 Å². The molecule has 2 aromatic carbocycles. The van der Waals surface area contributed by atoms with E-state index in [9.17, 15) is 35.9 Å². The van der Waals surface area contributed by atoms with Crippen molar-refractivity contribution in [2.45, 2.75) is 50.9 Å². The molecular weight excluding hydrogens is 720 g/mol. The number of hydrogen-bond donors (Lipinski definition) is 6. The molecule has 0 unspecified atom stereocenters. The second-order valence-electron chi connectivity index (χ2n) is 8.78. The van der Waals surface area contributed by atoms with Gasteiger partial charge in [0.2, 0.25) is 0 Å². The zero-order valence-corrected chi connectivity index (χ0v) is 26.2. The van der Waals surface area contributed by atoms with Crippen molar-refractivity contribution in [3.8, 4) is 0 Å². The van der Waals surface area contributed by atoms with Crippen molar-refractivity contribution >= 4 is 55.0 Å². The molecule has 0 aromatic heterocycles. The van der Waals surface area contributed by atoms with Gasteiger partial charge in [-0.15, -0.1) is 0 Å². The fourth-order valence-electron chi connectivity index (χ4n) is 3.04. The number of carbonyl (C=O) groups is 2. The summed E-state index contributed by atoms with van der Waals surface area (Å²) in [6.07, 6.45) is -4.68. The number of benzene rings is 2. The Morgan fingerprint density at radius 1 is 0.721 bits per heavy atom. The van der Waals surface area contributed by atoms with Crippen molar-refractivity contribution < 1.29 is 51.3 Å². The summed E-state index contributed by atoms with van der Waals surface area (Å²) in [4.78, 5) is 21.8. The molecule has 0 aliphatic carbocycles. The number of aliphatic hydroxyl groups is 2. The van der Waals surface area contributed by atoms with Crippen molar-refractivity contribution in [2.75, 3.05) is 43.5 Å². The number of unbranched alkanes of at least 4 members (excludes halogenated alkanes) is 3. The van der Waals surface area contributed by atoms with Crippen LogP contribution in [0.4, 0.5) is 37.7 Å². The summed E-state index contributed by atoms with van der Waals surface area (Å²) in [6, 6.07) is 7.20. The van der Waals surface area contributed by atoms with E-state index in [1.165, 1.54) is 24.3 Å². The van der Waals surface area contributed by atoms with Crippen LogP contribution in [0, 0.1) is 0 Å². The van der Waals surface area contributed by atoms with Gasteiger partial charge in [-0.2, -0.15) is 26.3 Å². The molecular formula is C27H35Br2F6N3O5. The van der Waals surface area contributed by atoms with E-state index in [1.807, 2.05) is 0 Å². The van der Waals surface area contributed by atoms with Crippen LogP contribution in [0.2, 0.25) is 0 Å². The van der Waals surface area contributed by atoms with Gasteiger partial charge in [0, 0.05) is 40.0 Å². The zero-order valence-electron chi connectivity index (χ0n) is 23.0. The number of rotatable bonds is 14. The molecule has 8 nitrogen and oxygen atoms in total. The van der Waals surface area contributed by atoms with Crippen molar-refractivity contribution in [1.82, 2.24) is 0 Å². The average molecular weight is 755 g/mol. The Hall–Kier alpha value is -2.40. The average Bonchev–Trinajstić information content (AvgIpc) is 2.92. The Balaban J connectivity index is 0.000000707. The lowest BCUT2D eigenvalue weighted by molar-refractivity contribution is -0.139. The van der Waals surface area contributed by atoms with Crippen LogP contribution in [0.25, 0.3) is 0 Å². The highest BCUT2D eigenvalue weighted by Gasteiger charge is 2.34. The van der Waals surface area contributed by atoms with Gasteiger partial charge in [-0.1, -0.05) is 38.3 Å². The number of carboxylic acids is 1. The smallest absolute Gasteiger partial charge is 0.417 e. The summed E-state index contributed by atoms with van der Waals surface area (Å²) in [5.41, 5.74) is 3.85. The first kappa shape index (κ1) is 40.6. The van der Waals surface area contributed by atoms with E-state index >= 15 is 0 Å². The Bertz CT molecular complexity index is 1120. The minimum absolute atomic E-state index is 0.00193. The molecule has 0 spiro atoms. The van der Waals surface area contributed by atoms with Crippen LogP contribution in [0.1, 0.15) is 49.7 Å². The van der Waals surface area contributed by atoms with Crippen LogP contribution in [0.15, 0.2) is 45.3 Å². The summed E-state index contributed by atoms with van der Waals surface area (Å²) in [6.45, 7) is 0.639. The van der Waals surface area contributed by atoms with Gasteiger partial charge >= 0.3 is 18.3 Å². The number of alkyl halides is 6. The van der Waals surface area contributed by atoms with Crippen LogP contribution < -0.4 is 16.4 Å². The largest absolute Gasteiger partial charge is 0.480 e. The number of halogens is 8. The highest BCUT2D eigenvalue weighted by Crippen LogP contribution is 2.37. The Morgan fingerprint density at radius 3 is 1.53 bits per heavy atom. The molecule has 0 aliphatic rings. The SMILES string of the molecule is NCCCCO.O=C(CCCCCO)CNc1ccc(Br)c(C(F)(F)F)c1.O=C(O)CNc1ccc(Br)c(C(F)(F)F)c1. The number of aliphatic hydroxyl groups excluding tert-OH is 2. The van der Waals surface area contributed by atoms with Gasteiger partial charge in [0.15, 0.2) is 5.78 Å². The fourth-order valence-corrected chi connectivity index (χ4v) is 3.98. The normalized spacial score (nSPS) is 11.0. The maximum absolute atomic E-state index is 12.7. The number of nitrogens with one attached hydrogen (secondary N) is 2. The number of carbonyl (C=O) groups excluding carboxylic acids is 1. The van der Waals surface area contributed by atoms with E-state index in [0.717, 1.165) is 31.4 Å². The number of anilines is 2. The van der Waals surface area contributed by atoms with E-state index in [0.29, 0.717) is 25.8 Å². The lowest BCUT2D eigenvalue weighted by Crippen LogP contribution is -2.14. The quantitative estimate of drug-likeness (QED) is 0.0926. The molecule has 43 heavy (non-hydrogen) atoms. The first-order chi connectivity index (χ1) is 20.1. The predicted octanol–water partition coefficient (Wildman–Crippen LogP) is 6.68. The fraction of sp³-hybridized carbons (Fsp3) is 0.481. The zero-order chi connectivity index (χ0) is 33.1. The molecule has 0 aliphatic heterocycles. The number of ketones is 1. The van der Waals surface area contributed by atoms with E-state index in [-0.39, 0.29) is 45.9 Å². The third-order valence-corrected chi connectivity index (χ3v) is 6.59. The number of nitrogens with two attached hydrogens (primary N) is 1. The van der Waals surface area contributed by atoms with Crippen LogP contribution >= 0.6 is 31.9 Å². The molecule has 16 heteroatoms. The van der Waals surface area contributed by atoms with Crippen LogP contribution in [0.5, 0.6) is 0 Å². The molecule has 7 N–H and O–H groups in total. The van der Waals surface area contributed by atoms with Crippen molar-refractivity contribution in [3.63, 3.8) is 0 Å². The predicted molar refractivity (Wildman–Crippen MR) is 159 cm³/mol. The van der Waals surface area contributed by atoms with Gasteiger partial charge in [-0.3, -0.25) is 9.59 Å². The Labute approximate surface area is 262 Å². The Kier molecular flexibility index (Phi) is 20.1. The van der Waals surface area contributed by atoms with Crippen LogP contribution in [-0.2, 0) is 21.9 Å². The van der Waals surface area contributed by atoms with E-state index in [4.69, 9.17) is 21.1 Å². The number of hydrogen-bond acceptors (Lipinski definition) is 7. The molecule has 0 fully saturated rings. The summed E-state index contributed by atoms with van der Waals surface area (Å²) in [5.74, 6) is -1.21. The summed E-state index contributed by atoms with van der Waals surface area (Å²) < 4.78 is 75.4. The third kappa shape index (κ3) is 18.8. The van der Waals surface area contributed by atoms with Crippen LogP contribution in [-0.4, -0.2) is 59.9 Å². The van der Waals surface area contributed by atoms with Gasteiger partial charge in [0.05, 0.1) is 17.7 Å². The monoisotopic (exact) mass is 753 g/mol. The lowest BCUT2D eigenvalue weighted by atomic mass is 10.1. The molecule has 0 heterocycles. The Morgan fingerprint density at radius 2 is 1.16 bits per heavy atom. The third-order valence-electron chi connectivity index (χ3n) is 5.20. The molecule has 2 aromatic rings. The molecule has 2 rings (SSSR count). The molecule has 0 radical (unpaired) electrons. The van der Waals surface area contributed by atoms with Crippen molar-refractivity contribution in [1.29, 1.82) is 0 Å². The molecule has 0 amide bonds. The van der Waals surface area contributed by atoms with E-state index in [1.54, 1.807) is 0 Å². The first-order valence-corrected chi connectivity index (χ1v) is 14.5. The first-order valence-electron chi connectivity index (χ1n) is 12.9. The van der Waals surface area contributed by atoms with Gasteiger partial charge in [0.25, 0.3) is 0 Å². The summed E-state index contributed by atoms with van der Waals surface area (Å²) >= 11 is 5.64. The molecule has 0 bridgehead atoms. The molecule has 0 saturated heterocycles. The minimum Gasteiger partial charge on any atom is -0.480 e. The highest BCUT2D eigenvalue weighted by molar-refractivity contribution is 9.10. The van der Waals surface area contributed by atoms with E-state index in [2.05, 4.69) is 42.5 Å². The van der Waals surface area contributed by atoms with Crippen molar-refractivity contribution in [3.05, 3.63) is 56.5 Å². The van der Waals surface area contributed by atoms with Gasteiger partial charge in [-0.05, 0) is 68.6 Å². The lowest BCUT2D eigenvalue weighted by Gasteiger charge is -2.12. The second kappa shape index (κ2) is 21.3. The summed E-state index contributed by atoms with van der Waals surface area (Å²) in [7, 11) is 0. The van der Waals surface area contributed by atoms with Crippen LogP contribution in [0.3, 0.4) is 0 Å². The minimum atomic E-state index is -4.47. The topological polar surface area (TPSA) is 145 Å². The number of aliphatic carboxylic acids is 1. The molecule has 0 atom stereocenters.